The Morgan fingerprint density at radius 1 is 1.40 bits per heavy atom. The molecular weight excluding hydrogens is 282 g/mol. The molecule has 2 nitrogen and oxygen atoms in total. The van der Waals surface area contributed by atoms with Crippen LogP contribution in [0.4, 0.5) is 0 Å². The van der Waals surface area contributed by atoms with Crippen LogP contribution in [0, 0.1) is 5.92 Å². The SMILES string of the molecule is O=COC[C@H]1C[C@]2(Cl)C[C@]1(Cl)C(Cl)=C2Cl. The lowest BCUT2D eigenvalue weighted by Gasteiger charge is -2.29. The molecule has 0 heterocycles. The summed E-state index contributed by atoms with van der Waals surface area (Å²) < 4.78 is 4.72. The Hall–Kier alpha value is 0.370. The van der Waals surface area contributed by atoms with E-state index in [4.69, 9.17) is 51.1 Å². The molecule has 0 amide bonds. The van der Waals surface area contributed by atoms with Crippen LogP contribution in [0.2, 0.25) is 0 Å². The molecule has 0 aromatic rings. The van der Waals surface area contributed by atoms with Gasteiger partial charge in [-0.15, -0.1) is 23.2 Å². The van der Waals surface area contributed by atoms with E-state index in [9.17, 15) is 4.79 Å². The molecule has 0 radical (unpaired) electrons. The summed E-state index contributed by atoms with van der Waals surface area (Å²) >= 11 is 24.7. The second kappa shape index (κ2) is 3.69. The molecule has 3 atom stereocenters. The fraction of sp³-hybridized carbons (Fsp3) is 0.667. The van der Waals surface area contributed by atoms with Gasteiger partial charge >= 0.3 is 0 Å². The third-order valence-corrected chi connectivity index (χ3v) is 5.55. The van der Waals surface area contributed by atoms with Gasteiger partial charge < -0.3 is 4.74 Å². The topological polar surface area (TPSA) is 26.3 Å². The minimum Gasteiger partial charge on any atom is -0.468 e. The summed E-state index contributed by atoms with van der Waals surface area (Å²) in [5.41, 5.74) is 0. The molecule has 0 unspecified atom stereocenters. The predicted molar refractivity (Wildman–Crippen MR) is 60.6 cm³/mol. The fourth-order valence-corrected chi connectivity index (χ4v) is 4.16. The Kier molecular flexibility index (Phi) is 2.92. The number of hydrogen-bond donors (Lipinski definition) is 0. The zero-order valence-corrected chi connectivity index (χ0v) is 10.6. The standard InChI is InChI=1S/C9H8Cl4O2/c10-6-7(11)9(13)3-8(6,12)1-5(9)2-15-4-14/h4-5H,1-3H2/t5-,8+,9-/m1/s1. The number of fused-ring (bicyclic) bond motifs is 2. The van der Waals surface area contributed by atoms with Gasteiger partial charge in [0.1, 0.15) is 0 Å². The van der Waals surface area contributed by atoms with Gasteiger partial charge in [0.15, 0.2) is 0 Å². The van der Waals surface area contributed by atoms with Crippen molar-refractivity contribution in [3.63, 3.8) is 0 Å². The van der Waals surface area contributed by atoms with Crippen LogP contribution < -0.4 is 0 Å². The van der Waals surface area contributed by atoms with E-state index in [1.807, 2.05) is 0 Å². The molecule has 1 fully saturated rings. The van der Waals surface area contributed by atoms with Crippen molar-refractivity contribution >= 4 is 52.9 Å². The third-order valence-electron chi connectivity index (χ3n) is 3.07. The molecule has 0 aromatic heterocycles. The van der Waals surface area contributed by atoms with E-state index in [1.54, 1.807) is 0 Å². The van der Waals surface area contributed by atoms with Crippen LogP contribution in [-0.2, 0) is 9.53 Å². The summed E-state index contributed by atoms with van der Waals surface area (Å²) in [5, 5.41) is 0.828. The third kappa shape index (κ3) is 1.57. The molecule has 2 aliphatic carbocycles. The lowest BCUT2D eigenvalue weighted by molar-refractivity contribution is -0.130. The summed E-state index contributed by atoms with van der Waals surface area (Å²) in [6, 6.07) is 0. The van der Waals surface area contributed by atoms with Crippen LogP contribution in [0.25, 0.3) is 0 Å². The van der Waals surface area contributed by atoms with Crippen LogP contribution in [0.1, 0.15) is 12.8 Å². The summed E-state index contributed by atoms with van der Waals surface area (Å²) in [4.78, 5) is 8.70. The average molecular weight is 290 g/mol. The van der Waals surface area contributed by atoms with Gasteiger partial charge in [-0.25, -0.2) is 0 Å². The summed E-state index contributed by atoms with van der Waals surface area (Å²) in [6.07, 6.45) is 1.08. The molecule has 2 rings (SSSR count). The summed E-state index contributed by atoms with van der Waals surface area (Å²) in [6.45, 7) is 0.619. The maximum Gasteiger partial charge on any atom is 0.293 e. The van der Waals surface area contributed by atoms with Crippen molar-refractivity contribution in [2.24, 2.45) is 5.92 Å². The van der Waals surface area contributed by atoms with Crippen LogP contribution in [-0.4, -0.2) is 22.8 Å². The minimum absolute atomic E-state index is 0.0723. The number of alkyl halides is 2. The van der Waals surface area contributed by atoms with Gasteiger partial charge in [-0.1, -0.05) is 23.2 Å². The van der Waals surface area contributed by atoms with E-state index >= 15 is 0 Å². The second-order valence-corrected chi connectivity index (χ2v) is 6.12. The molecule has 84 valence electrons. The van der Waals surface area contributed by atoms with E-state index in [0.29, 0.717) is 29.4 Å². The Bertz CT molecular complexity index is 343. The molecule has 6 heteroatoms. The Labute approximate surface area is 107 Å². The Morgan fingerprint density at radius 2 is 2.07 bits per heavy atom. The highest BCUT2D eigenvalue weighted by atomic mass is 35.5. The van der Waals surface area contributed by atoms with Crippen molar-refractivity contribution in [2.75, 3.05) is 6.61 Å². The van der Waals surface area contributed by atoms with Gasteiger partial charge in [-0.3, -0.25) is 4.79 Å². The minimum atomic E-state index is -0.761. The lowest BCUT2D eigenvalue weighted by atomic mass is 9.93. The van der Waals surface area contributed by atoms with Crippen LogP contribution in [0.15, 0.2) is 10.1 Å². The quantitative estimate of drug-likeness (QED) is 0.589. The van der Waals surface area contributed by atoms with Gasteiger partial charge in [-0.05, 0) is 12.8 Å². The Balaban J connectivity index is 2.26. The van der Waals surface area contributed by atoms with E-state index in [-0.39, 0.29) is 12.5 Å². The van der Waals surface area contributed by atoms with E-state index in [2.05, 4.69) is 0 Å². The number of halogens is 4. The molecule has 1 saturated carbocycles. The number of carbonyl (C=O) groups is 1. The molecule has 0 saturated heterocycles. The first-order chi connectivity index (χ1) is 6.94. The molecule has 0 spiro atoms. The first kappa shape index (κ1) is 11.8. The second-order valence-electron chi connectivity index (χ2n) is 3.96. The number of allylic oxidation sites excluding steroid dienone is 2. The maximum absolute atomic E-state index is 10.1. The molecular formula is C9H8Cl4O2. The normalized spacial score (nSPS) is 43.6. The summed E-state index contributed by atoms with van der Waals surface area (Å²) in [7, 11) is 0. The number of carbonyl (C=O) groups excluding carboxylic acids is 1. The van der Waals surface area contributed by atoms with Crippen LogP contribution in [0.3, 0.4) is 0 Å². The summed E-state index contributed by atoms with van der Waals surface area (Å²) in [5.74, 6) is -0.0723. The highest BCUT2D eigenvalue weighted by Gasteiger charge is 2.63. The van der Waals surface area contributed by atoms with Crippen molar-refractivity contribution in [1.82, 2.24) is 0 Å². The predicted octanol–water partition coefficient (Wildman–Crippen LogP) is 3.23. The first-order valence-electron chi connectivity index (χ1n) is 4.43. The number of rotatable bonds is 3. The Morgan fingerprint density at radius 3 is 2.53 bits per heavy atom. The zero-order chi connectivity index (χ0) is 11.3. The van der Waals surface area contributed by atoms with Gasteiger partial charge in [-0.2, -0.15) is 0 Å². The molecule has 0 aromatic carbocycles. The van der Waals surface area contributed by atoms with Gasteiger partial charge in [0, 0.05) is 5.92 Å². The van der Waals surface area contributed by atoms with E-state index < -0.39 is 9.75 Å². The van der Waals surface area contributed by atoms with Gasteiger partial charge in [0.05, 0.1) is 26.4 Å². The van der Waals surface area contributed by atoms with Crippen molar-refractivity contribution in [3.8, 4) is 0 Å². The fourth-order valence-electron chi connectivity index (χ4n) is 2.33. The van der Waals surface area contributed by atoms with Crippen molar-refractivity contribution < 1.29 is 9.53 Å². The highest BCUT2D eigenvalue weighted by molar-refractivity contribution is 6.50. The molecule has 2 bridgehead atoms. The molecule has 0 aliphatic heterocycles. The molecule has 15 heavy (non-hydrogen) atoms. The number of ether oxygens (including phenoxy) is 1. The lowest BCUT2D eigenvalue weighted by Crippen LogP contribution is -2.31. The van der Waals surface area contributed by atoms with E-state index in [1.165, 1.54) is 0 Å². The van der Waals surface area contributed by atoms with Crippen LogP contribution >= 0.6 is 46.4 Å². The maximum atomic E-state index is 10.1. The highest BCUT2D eigenvalue weighted by Crippen LogP contribution is 2.65. The number of hydrogen-bond acceptors (Lipinski definition) is 2. The van der Waals surface area contributed by atoms with Crippen LogP contribution in [0.5, 0.6) is 0 Å². The first-order valence-corrected chi connectivity index (χ1v) is 5.94. The zero-order valence-electron chi connectivity index (χ0n) is 7.60. The van der Waals surface area contributed by atoms with Crippen molar-refractivity contribution in [2.45, 2.75) is 22.6 Å². The van der Waals surface area contributed by atoms with Crippen molar-refractivity contribution in [3.05, 3.63) is 10.1 Å². The largest absolute Gasteiger partial charge is 0.468 e. The average Bonchev–Trinajstić information content (AvgIpc) is 2.54. The van der Waals surface area contributed by atoms with Gasteiger partial charge in [0.2, 0.25) is 0 Å². The smallest absolute Gasteiger partial charge is 0.293 e. The monoisotopic (exact) mass is 288 g/mol. The van der Waals surface area contributed by atoms with Gasteiger partial charge in [0.25, 0.3) is 6.47 Å². The molecule has 0 N–H and O–H groups in total. The van der Waals surface area contributed by atoms with E-state index in [0.717, 1.165) is 0 Å². The molecule has 2 aliphatic rings. The van der Waals surface area contributed by atoms with Crippen molar-refractivity contribution in [1.29, 1.82) is 0 Å².